The van der Waals surface area contributed by atoms with Gasteiger partial charge in [-0.15, -0.1) is 0 Å². The van der Waals surface area contributed by atoms with Crippen molar-refractivity contribution in [3.8, 4) is 11.6 Å². The fourth-order valence-corrected chi connectivity index (χ4v) is 1.92. The first-order valence-electron chi connectivity index (χ1n) is 5.02. The van der Waals surface area contributed by atoms with E-state index in [4.69, 9.17) is 4.74 Å². The van der Waals surface area contributed by atoms with Crippen LogP contribution in [0.25, 0.3) is 0 Å². The molecular formula is C12H6Br2F3NO. The van der Waals surface area contributed by atoms with Gasteiger partial charge in [-0.2, -0.15) is 13.2 Å². The second-order valence-corrected chi connectivity index (χ2v) is 5.39. The number of halogens is 5. The highest BCUT2D eigenvalue weighted by atomic mass is 79.9. The Kier molecular flexibility index (Phi) is 4.15. The average Bonchev–Trinajstić information content (AvgIpc) is 2.33. The van der Waals surface area contributed by atoms with E-state index in [1.807, 2.05) is 0 Å². The molecule has 19 heavy (non-hydrogen) atoms. The highest BCUT2D eigenvalue weighted by Gasteiger charge is 2.35. The molecule has 2 aromatic rings. The number of hydrogen-bond donors (Lipinski definition) is 0. The Balaban J connectivity index is 2.37. The Labute approximate surface area is 123 Å². The van der Waals surface area contributed by atoms with Gasteiger partial charge in [-0.3, -0.25) is 0 Å². The highest BCUT2D eigenvalue weighted by molar-refractivity contribution is 9.10. The van der Waals surface area contributed by atoms with Crippen molar-refractivity contribution in [1.29, 1.82) is 0 Å². The van der Waals surface area contributed by atoms with Gasteiger partial charge in [0.2, 0.25) is 5.88 Å². The van der Waals surface area contributed by atoms with Gasteiger partial charge in [0.05, 0.1) is 0 Å². The largest absolute Gasteiger partial charge is 0.438 e. The molecule has 1 heterocycles. The zero-order valence-electron chi connectivity index (χ0n) is 9.21. The molecule has 2 nitrogen and oxygen atoms in total. The molecule has 0 fully saturated rings. The summed E-state index contributed by atoms with van der Waals surface area (Å²) < 4.78 is 44.8. The van der Waals surface area contributed by atoms with Crippen LogP contribution >= 0.6 is 31.9 Å². The summed E-state index contributed by atoms with van der Waals surface area (Å²) in [6.45, 7) is 0. The van der Waals surface area contributed by atoms with Crippen molar-refractivity contribution in [2.75, 3.05) is 0 Å². The van der Waals surface area contributed by atoms with E-state index in [1.165, 1.54) is 6.20 Å². The molecule has 1 aromatic heterocycles. The van der Waals surface area contributed by atoms with E-state index in [0.29, 0.717) is 0 Å². The number of ether oxygens (including phenoxy) is 1. The first-order chi connectivity index (χ1) is 8.86. The van der Waals surface area contributed by atoms with Crippen LogP contribution in [0, 0.1) is 0 Å². The Morgan fingerprint density at radius 2 is 1.63 bits per heavy atom. The van der Waals surface area contributed by atoms with E-state index >= 15 is 0 Å². The van der Waals surface area contributed by atoms with Gasteiger partial charge >= 0.3 is 6.18 Å². The fourth-order valence-electron chi connectivity index (χ4n) is 1.33. The number of rotatable bonds is 2. The number of alkyl halides is 3. The van der Waals surface area contributed by atoms with Crippen LogP contribution in [0.4, 0.5) is 13.2 Å². The molecule has 0 unspecified atom stereocenters. The topological polar surface area (TPSA) is 22.1 Å². The molecule has 7 heteroatoms. The summed E-state index contributed by atoms with van der Waals surface area (Å²) in [6, 6.07) is 7.37. The van der Waals surface area contributed by atoms with Crippen LogP contribution in [0.15, 0.2) is 45.5 Å². The van der Waals surface area contributed by atoms with Gasteiger partial charge in [-0.05, 0) is 46.3 Å². The van der Waals surface area contributed by atoms with Gasteiger partial charge < -0.3 is 4.74 Å². The van der Waals surface area contributed by atoms with Crippen molar-refractivity contribution in [3.05, 3.63) is 51.0 Å². The maximum Gasteiger partial charge on any atom is 0.421 e. The highest BCUT2D eigenvalue weighted by Crippen LogP contribution is 2.38. The van der Waals surface area contributed by atoms with Crippen LogP contribution in [0.3, 0.4) is 0 Å². The molecule has 100 valence electrons. The summed E-state index contributed by atoms with van der Waals surface area (Å²) in [7, 11) is 0. The molecule has 0 spiro atoms. The molecule has 0 aliphatic rings. The number of aromatic nitrogens is 1. The van der Waals surface area contributed by atoms with Gasteiger partial charge in [-0.1, -0.05) is 15.9 Å². The first-order valence-corrected chi connectivity index (χ1v) is 6.61. The molecule has 0 bridgehead atoms. The molecule has 1 aromatic carbocycles. The van der Waals surface area contributed by atoms with Crippen LogP contribution in [-0.4, -0.2) is 4.98 Å². The Bertz CT molecular complexity index is 585. The second-order valence-electron chi connectivity index (χ2n) is 3.56. The maximum atomic E-state index is 12.8. The van der Waals surface area contributed by atoms with Crippen LogP contribution in [0.5, 0.6) is 11.6 Å². The van der Waals surface area contributed by atoms with Crippen LogP contribution in [0.2, 0.25) is 0 Å². The standard InChI is InChI=1S/C12H6Br2F3NO/c13-7-1-3-9(4-2-7)19-11-10(12(15,16)17)5-8(14)6-18-11/h1-6H. The smallest absolute Gasteiger partial charge is 0.421 e. The molecule has 0 N–H and O–H groups in total. The van der Waals surface area contributed by atoms with E-state index in [0.717, 1.165) is 10.5 Å². The first kappa shape index (κ1) is 14.3. The molecule has 0 radical (unpaired) electrons. The van der Waals surface area contributed by atoms with E-state index in [-0.39, 0.29) is 10.2 Å². The van der Waals surface area contributed by atoms with Gasteiger partial charge in [-0.25, -0.2) is 4.98 Å². The monoisotopic (exact) mass is 395 g/mol. The minimum atomic E-state index is -4.53. The van der Waals surface area contributed by atoms with Crippen LogP contribution in [-0.2, 0) is 6.18 Å². The van der Waals surface area contributed by atoms with Gasteiger partial charge in [0.15, 0.2) is 0 Å². The lowest BCUT2D eigenvalue weighted by Gasteiger charge is -2.12. The van der Waals surface area contributed by atoms with Gasteiger partial charge in [0.25, 0.3) is 0 Å². The Morgan fingerprint density at radius 3 is 2.21 bits per heavy atom. The zero-order chi connectivity index (χ0) is 14.0. The molecular weight excluding hydrogens is 391 g/mol. The number of pyridine rings is 1. The van der Waals surface area contributed by atoms with E-state index in [1.54, 1.807) is 24.3 Å². The van der Waals surface area contributed by atoms with Crippen molar-refractivity contribution < 1.29 is 17.9 Å². The second kappa shape index (κ2) is 5.50. The van der Waals surface area contributed by atoms with E-state index < -0.39 is 17.6 Å². The molecule has 0 amide bonds. The molecule has 0 saturated heterocycles. The zero-order valence-corrected chi connectivity index (χ0v) is 12.4. The lowest BCUT2D eigenvalue weighted by molar-refractivity contribution is -0.138. The Hall–Kier alpha value is -1.08. The summed E-state index contributed by atoms with van der Waals surface area (Å²) in [5.41, 5.74) is -0.926. The van der Waals surface area contributed by atoms with Gasteiger partial charge in [0.1, 0.15) is 11.3 Å². The normalized spacial score (nSPS) is 11.4. The minimum Gasteiger partial charge on any atom is -0.438 e. The summed E-state index contributed by atoms with van der Waals surface area (Å²) in [6.07, 6.45) is -3.27. The van der Waals surface area contributed by atoms with E-state index in [2.05, 4.69) is 36.8 Å². The maximum absolute atomic E-state index is 12.8. The van der Waals surface area contributed by atoms with E-state index in [9.17, 15) is 13.2 Å². The van der Waals surface area contributed by atoms with Crippen molar-refractivity contribution in [3.63, 3.8) is 0 Å². The fraction of sp³-hybridized carbons (Fsp3) is 0.0833. The van der Waals surface area contributed by atoms with Crippen LogP contribution < -0.4 is 4.74 Å². The predicted octanol–water partition coefficient (Wildman–Crippen LogP) is 5.42. The van der Waals surface area contributed by atoms with Crippen molar-refractivity contribution in [1.82, 2.24) is 4.98 Å². The number of hydrogen-bond acceptors (Lipinski definition) is 2. The number of benzene rings is 1. The molecule has 0 aliphatic carbocycles. The quantitative estimate of drug-likeness (QED) is 0.676. The molecule has 2 rings (SSSR count). The lowest BCUT2D eigenvalue weighted by Crippen LogP contribution is -2.08. The van der Waals surface area contributed by atoms with Crippen molar-refractivity contribution in [2.24, 2.45) is 0 Å². The summed E-state index contributed by atoms with van der Waals surface area (Å²) >= 11 is 6.19. The lowest BCUT2D eigenvalue weighted by atomic mass is 10.2. The Morgan fingerprint density at radius 1 is 1.00 bits per heavy atom. The van der Waals surface area contributed by atoms with Crippen molar-refractivity contribution >= 4 is 31.9 Å². The third kappa shape index (κ3) is 3.70. The molecule has 0 aliphatic heterocycles. The number of nitrogens with zero attached hydrogens (tertiary/aromatic N) is 1. The third-order valence-electron chi connectivity index (χ3n) is 2.15. The third-order valence-corrected chi connectivity index (χ3v) is 3.11. The molecule has 0 atom stereocenters. The minimum absolute atomic E-state index is 0.239. The average molecular weight is 397 g/mol. The molecule has 0 saturated carbocycles. The summed E-state index contributed by atoms with van der Waals surface area (Å²) in [4.78, 5) is 3.66. The summed E-state index contributed by atoms with van der Waals surface area (Å²) in [5, 5.41) is 0. The predicted molar refractivity (Wildman–Crippen MR) is 71.2 cm³/mol. The van der Waals surface area contributed by atoms with Gasteiger partial charge in [0, 0.05) is 15.1 Å². The summed E-state index contributed by atoms with van der Waals surface area (Å²) in [5.74, 6) is -0.193. The SMILES string of the molecule is FC(F)(F)c1cc(Br)cnc1Oc1ccc(Br)cc1. The van der Waals surface area contributed by atoms with Crippen molar-refractivity contribution in [2.45, 2.75) is 6.18 Å². The van der Waals surface area contributed by atoms with Crippen LogP contribution in [0.1, 0.15) is 5.56 Å².